The fourth-order valence-electron chi connectivity index (χ4n) is 6.95. The molecular weight excluding hydrogens is 468 g/mol. The number of carbonyl (C=O) groups excluding carboxylic acids is 2. The number of nitrogens with one attached hydrogen (secondary N) is 1. The first-order valence-electron chi connectivity index (χ1n) is 11.8. The lowest BCUT2D eigenvalue weighted by molar-refractivity contribution is -0.394. The molecule has 192 valence electrons. The molecule has 0 aromatic heterocycles. The molecule has 0 spiro atoms. The zero-order chi connectivity index (χ0) is 26.8. The van der Waals surface area contributed by atoms with Crippen LogP contribution in [-0.2, 0) is 4.79 Å². The third kappa shape index (κ3) is 4.43. The topological polar surface area (TPSA) is 165 Å². The van der Waals surface area contributed by atoms with E-state index in [1.807, 2.05) is 13.8 Å². The summed E-state index contributed by atoms with van der Waals surface area (Å²) in [6, 6.07) is 2.57. The summed E-state index contributed by atoms with van der Waals surface area (Å²) in [5.74, 6) is -1.35. The summed E-state index contributed by atoms with van der Waals surface area (Å²) in [6.45, 7) is 10.00. The maximum Gasteiger partial charge on any atom is 0.277 e. The highest BCUT2D eigenvalue weighted by Crippen LogP contribution is 2.61. The number of fused-ring (bicyclic) bond motifs is 3. The Bertz CT molecular complexity index is 1250. The average molecular weight is 499 g/mol. The number of hydrogen-bond donors (Lipinski definition) is 2. The normalized spacial score (nSPS) is 29.5. The van der Waals surface area contributed by atoms with Gasteiger partial charge in [-0.2, -0.15) is 5.10 Å². The molecular formula is C25H30N4O7. The number of nitrogens with zero attached hydrogens (tertiary/aromatic N) is 3. The summed E-state index contributed by atoms with van der Waals surface area (Å²) < 4.78 is 0. The maximum atomic E-state index is 13.8. The maximum absolute atomic E-state index is 13.8. The Morgan fingerprint density at radius 1 is 0.972 bits per heavy atom. The van der Waals surface area contributed by atoms with E-state index in [1.54, 1.807) is 0 Å². The van der Waals surface area contributed by atoms with Crippen LogP contribution in [0.25, 0.3) is 0 Å². The predicted octanol–water partition coefficient (Wildman–Crippen LogP) is 4.24. The standard InChI is InChI=1S/C25H30N4O7/c1-22(2)11-24(5)10-15-9-23(3,4)20(19(30)18(15)25(32,12-22)13-24)26-27-21(31)14-6-16(28(33)34)8-17(7-14)29(35)36/h6-8,32H,9-13H2,1-5H3,(H,27,31)/b26-20-. The van der Waals surface area contributed by atoms with E-state index in [9.17, 15) is 34.9 Å². The number of carbonyl (C=O) groups is 2. The molecule has 3 aliphatic rings. The van der Waals surface area contributed by atoms with Crippen LogP contribution >= 0.6 is 0 Å². The second kappa shape index (κ2) is 8.02. The quantitative estimate of drug-likeness (QED) is 0.463. The SMILES string of the molecule is CC1(C)CC2(C)CC3=C(C(=O)/C(=N/NC(=O)c4cc([N+](=O)[O-])cc([N+](=O)[O-])c4)C(C)(C)C3)C(O)(C1)C2. The Balaban J connectivity index is 1.69. The lowest BCUT2D eigenvalue weighted by Crippen LogP contribution is -2.56. The van der Waals surface area contributed by atoms with Gasteiger partial charge in [-0.25, -0.2) is 5.43 Å². The fraction of sp³-hybridized carbons (Fsp3) is 0.560. The van der Waals surface area contributed by atoms with Gasteiger partial charge in [-0.3, -0.25) is 29.8 Å². The molecule has 1 fully saturated rings. The first kappa shape index (κ1) is 25.6. The van der Waals surface area contributed by atoms with Crippen molar-refractivity contribution < 1.29 is 24.5 Å². The third-order valence-electron chi connectivity index (χ3n) is 7.45. The van der Waals surface area contributed by atoms with Gasteiger partial charge in [-0.15, -0.1) is 0 Å². The number of ketones is 1. The van der Waals surface area contributed by atoms with E-state index >= 15 is 0 Å². The van der Waals surface area contributed by atoms with Crippen LogP contribution in [0.2, 0.25) is 0 Å². The van der Waals surface area contributed by atoms with E-state index in [-0.39, 0.29) is 22.1 Å². The lowest BCUT2D eigenvalue weighted by Gasteiger charge is -2.57. The minimum atomic E-state index is -1.29. The van der Waals surface area contributed by atoms with Crippen molar-refractivity contribution in [3.05, 3.63) is 55.1 Å². The average Bonchev–Trinajstić information content (AvgIpc) is 2.69. The first-order valence-corrected chi connectivity index (χ1v) is 11.8. The molecule has 3 aliphatic carbocycles. The van der Waals surface area contributed by atoms with Crippen LogP contribution in [0.4, 0.5) is 11.4 Å². The number of nitro groups is 2. The molecule has 36 heavy (non-hydrogen) atoms. The molecule has 2 atom stereocenters. The second-order valence-corrected chi connectivity index (χ2v) is 12.2. The molecule has 1 amide bonds. The molecule has 0 aliphatic heterocycles. The van der Waals surface area contributed by atoms with Crippen LogP contribution in [0, 0.1) is 36.5 Å². The van der Waals surface area contributed by atoms with Crippen molar-refractivity contribution >= 4 is 28.8 Å². The van der Waals surface area contributed by atoms with Crippen molar-refractivity contribution in [3.63, 3.8) is 0 Å². The molecule has 2 bridgehead atoms. The Morgan fingerprint density at radius 2 is 1.56 bits per heavy atom. The number of hydrazone groups is 1. The summed E-state index contributed by atoms with van der Waals surface area (Å²) in [5.41, 5.74) is -0.254. The number of non-ortho nitro benzene ring substituents is 2. The lowest BCUT2D eigenvalue weighted by atomic mass is 9.49. The van der Waals surface area contributed by atoms with Crippen molar-refractivity contribution in [1.29, 1.82) is 0 Å². The predicted molar refractivity (Wildman–Crippen MR) is 130 cm³/mol. The van der Waals surface area contributed by atoms with Gasteiger partial charge in [-0.05, 0) is 42.9 Å². The van der Waals surface area contributed by atoms with Gasteiger partial charge in [-0.1, -0.05) is 40.2 Å². The fourth-order valence-corrected chi connectivity index (χ4v) is 6.95. The van der Waals surface area contributed by atoms with Crippen LogP contribution in [0.1, 0.15) is 77.1 Å². The summed E-state index contributed by atoms with van der Waals surface area (Å²) >= 11 is 0. The van der Waals surface area contributed by atoms with Gasteiger partial charge in [0.15, 0.2) is 0 Å². The molecule has 1 saturated carbocycles. The van der Waals surface area contributed by atoms with Crippen LogP contribution < -0.4 is 5.43 Å². The Morgan fingerprint density at radius 3 is 2.11 bits per heavy atom. The summed E-state index contributed by atoms with van der Waals surface area (Å²) in [7, 11) is 0. The summed E-state index contributed by atoms with van der Waals surface area (Å²) in [6.07, 6.45) is 3.06. The zero-order valence-electron chi connectivity index (χ0n) is 21.0. The molecule has 0 saturated heterocycles. The van der Waals surface area contributed by atoms with Crippen molar-refractivity contribution in [3.8, 4) is 0 Å². The number of nitro benzene ring substituents is 2. The van der Waals surface area contributed by atoms with Gasteiger partial charge in [0.1, 0.15) is 5.71 Å². The van der Waals surface area contributed by atoms with Crippen LogP contribution in [0.5, 0.6) is 0 Å². The molecule has 2 N–H and O–H groups in total. The highest BCUT2D eigenvalue weighted by atomic mass is 16.6. The van der Waals surface area contributed by atoms with Crippen molar-refractivity contribution in [2.24, 2.45) is 21.3 Å². The number of Topliss-reactive ketones (excluding diaryl/α,β-unsaturated/α-hetero) is 1. The van der Waals surface area contributed by atoms with Gasteiger partial charge in [0.05, 0.1) is 27.1 Å². The Hall–Kier alpha value is -3.47. The molecule has 2 unspecified atom stereocenters. The largest absolute Gasteiger partial charge is 0.385 e. The molecule has 4 rings (SSSR count). The molecule has 11 nitrogen and oxygen atoms in total. The van der Waals surface area contributed by atoms with Crippen molar-refractivity contribution in [1.82, 2.24) is 5.43 Å². The van der Waals surface area contributed by atoms with Crippen LogP contribution in [0.15, 0.2) is 34.4 Å². The van der Waals surface area contributed by atoms with E-state index in [4.69, 9.17) is 0 Å². The molecule has 0 radical (unpaired) electrons. The molecule has 1 aromatic carbocycles. The van der Waals surface area contributed by atoms with E-state index in [0.717, 1.165) is 30.2 Å². The number of rotatable bonds is 4. The van der Waals surface area contributed by atoms with E-state index in [2.05, 4.69) is 31.3 Å². The van der Waals surface area contributed by atoms with Crippen LogP contribution in [-0.4, -0.2) is 38.0 Å². The van der Waals surface area contributed by atoms with E-state index < -0.39 is 43.9 Å². The van der Waals surface area contributed by atoms with Crippen LogP contribution in [0.3, 0.4) is 0 Å². The van der Waals surface area contributed by atoms with Crippen molar-refractivity contribution in [2.45, 2.75) is 72.3 Å². The number of aliphatic hydroxyl groups is 1. The highest BCUT2D eigenvalue weighted by molar-refractivity contribution is 6.48. The minimum absolute atomic E-state index is 0.0648. The summed E-state index contributed by atoms with van der Waals surface area (Å²) in [5, 5.41) is 38.1. The molecule has 0 heterocycles. The monoisotopic (exact) mass is 498 g/mol. The van der Waals surface area contributed by atoms with Gasteiger partial charge >= 0.3 is 0 Å². The first-order chi connectivity index (χ1) is 16.5. The van der Waals surface area contributed by atoms with Gasteiger partial charge in [0.25, 0.3) is 17.3 Å². The Labute approximate surface area is 207 Å². The third-order valence-corrected chi connectivity index (χ3v) is 7.45. The Kier molecular flexibility index (Phi) is 5.71. The highest BCUT2D eigenvalue weighted by Gasteiger charge is 2.58. The van der Waals surface area contributed by atoms with Gasteiger partial charge in [0, 0.05) is 23.1 Å². The summed E-state index contributed by atoms with van der Waals surface area (Å²) in [4.78, 5) is 47.2. The minimum Gasteiger partial charge on any atom is -0.385 e. The number of allylic oxidation sites excluding steroid dienone is 1. The number of hydrogen-bond acceptors (Lipinski definition) is 8. The van der Waals surface area contributed by atoms with Gasteiger partial charge in [0.2, 0.25) is 5.78 Å². The van der Waals surface area contributed by atoms with Gasteiger partial charge < -0.3 is 5.11 Å². The van der Waals surface area contributed by atoms with E-state index in [0.29, 0.717) is 31.3 Å². The van der Waals surface area contributed by atoms with E-state index in [1.165, 1.54) is 0 Å². The number of benzene rings is 1. The molecule has 1 aromatic rings. The zero-order valence-corrected chi connectivity index (χ0v) is 21.0. The second-order valence-electron chi connectivity index (χ2n) is 12.2. The van der Waals surface area contributed by atoms with Crippen molar-refractivity contribution in [2.75, 3.05) is 0 Å². The number of amides is 1. The smallest absolute Gasteiger partial charge is 0.277 e. The molecule has 11 heteroatoms.